The molecule has 1 saturated heterocycles. The third kappa shape index (κ3) is 8.11. The summed E-state index contributed by atoms with van der Waals surface area (Å²) in [5.41, 5.74) is 1.70. The fourth-order valence-electron chi connectivity index (χ4n) is 7.55. The molecule has 0 unspecified atom stereocenters. The first-order valence-corrected chi connectivity index (χ1v) is 19.5. The Balaban J connectivity index is 1.38. The van der Waals surface area contributed by atoms with E-state index in [2.05, 4.69) is 9.62 Å². The summed E-state index contributed by atoms with van der Waals surface area (Å²) >= 11 is 6.35. The number of halogens is 1. The Morgan fingerprint density at radius 2 is 1.86 bits per heavy atom. The largest absolute Gasteiger partial charge is 0.487 e. The fraction of sp³-hybridized carbons (Fsp3) is 0.568. The summed E-state index contributed by atoms with van der Waals surface area (Å²) in [5.74, 6) is -0.683. The highest BCUT2D eigenvalue weighted by molar-refractivity contribution is 7.90. The molecule has 2 aromatic carbocycles. The third-order valence-corrected chi connectivity index (χ3v) is 13.1. The lowest BCUT2D eigenvalue weighted by Gasteiger charge is -2.48. The highest BCUT2D eigenvalue weighted by Crippen LogP contribution is 2.46. The van der Waals surface area contributed by atoms with Gasteiger partial charge in [-0.3, -0.25) is 9.59 Å². The molecule has 10 nitrogen and oxygen atoms in total. The number of ether oxygens (including phenoxy) is 2. The van der Waals surface area contributed by atoms with E-state index >= 15 is 0 Å². The van der Waals surface area contributed by atoms with E-state index in [0.717, 1.165) is 43.2 Å². The molecule has 2 N–H and O–H groups in total. The number of benzene rings is 2. The van der Waals surface area contributed by atoms with Crippen molar-refractivity contribution in [3.63, 3.8) is 0 Å². The quantitative estimate of drug-likeness (QED) is 0.412. The number of anilines is 1. The number of hydrogen-bond donors (Lipinski definition) is 2. The molecule has 2 aromatic rings. The van der Waals surface area contributed by atoms with Gasteiger partial charge in [-0.15, -0.1) is 0 Å². The van der Waals surface area contributed by atoms with Gasteiger partial charge in [-0.05, 0) is 105 Å². The van der Waals surface area contributed by atoms with Crippen LogP contribution in [0.15, 0.2) is 48.6 Å². The zero-order valence-electron chi connectivity index (χ0n) is 28.4. The molecular formula is C37H48ClN3O7S. The van der Waals surface area contributed by atoms with Crippen molar-refractivity contribution >= 4 is 39.1 Å². The molecular weight excluding hydrogens is 666 g/mol. The summed E-state index contributed by atoms with van der Waals surface area (Å²) in [7, 11) is -4.03. The molecule has 0 radical (unpaired) electrons. The minimum Gasteiger partial charge on any atom is -0.487 e. The molecule has 6 rings (SSSR count). The summed E-state index contributed by atoms with van der Waals surface area (Å²) in [6, 6.07) is 10.9. The standard InChI is InChI=1S/C37H48ClN3O7S/c1-25-6-5-14-37(44,22-35(42)40-16-18-47-19-17-40)32-12-9-29(32)23-41-15-4-3-7-27-20-31(38)11-8-30(27)24-48-34-13-10-28(21-33(34)41)36(43)39-49(45,46)26(25)2/h5,8,10-11,13-14,20-21,25-26,29,32,44H,3-4,6-7,9,12,15-19,22-24H2,1-2H3,(H,39,43)/b14-5+/t25-,26+,29-,32+,37-/m0/s1. The first kappa shape index (κ1) is 35.7. The molecule has 2 bridgehead atoms. The number of allylic oxidation sites excluding steroid dienone is 1. The van der Waals surface area contributed by atoms with E-state index in [1.807, 2.05) is 31.2 Å². The van der Waals surface area contributed by atoms with Crippen LogP contribution in [0.3, 0.4) is 0 Å². The molecule has 1 saturated carbocycles. The Kier molecular flexibility index (Phi) is 10.9. The number of carbonyl (C=O) groups excluding carboxylic acids is 2. The van der Waals surface area contributed by atoms with Crippen LogP contribution >= 0.6 is 11.6 Å². The van der Waals surface area contributed by atoms with Crippen molar-refractivity contribution in [2.45, 2.75) is 76.3 Å². The summed E-state index contributed by atoms with van der Waals surface area (Å²) in [6.45, 7) is 6.89. The zero-order valence-corrected chi connectivity index (χ0v) is 30.0. The van der Waals surface area contributed by atoms with Crippen LogP contribution in [-0.2, 0) is 32.6 Å². The Hall–Kier alpha value is -3.12. The van der Waals surface area contributed by atoms with Crippen molar-refractivity contribution in [1.29, 1.82) is 0 Å². The molecule has 3 aliphatic heterocycles. The lowest BCUT2D eigenvalue weighted by molar-refractivity contribution is -0.143. The van der Waals surface area contributed by atoms with Crippen molar-refractivity contribution in [3.8, 4) is 5.75 Å². The van der Waals surface area contributed by atoms with Crippen LogP contribution in [0.25, 0.3) is 0 Å². The second-order valence-corrected chi connectivity index (χ2v) is 16.7. The number of sulfonamides is 1. The van der Waals surface area contributed by atoms with Crippen molar-refractivity contribution in [2.75, 3.05) is 44.3 Å². The average molecular weight is 714 g/mol. The van der Waals surface area contributed by atoms with E-state index in [1.54, 1.807) is 36.1 Å². The van der Waals surface area contributed by atoms with Gasteiger partial charge in [0.2, 0.25) is 15.9 Å². The van der Waals surface area contributed by atoms with Crippen LogP contribution in [0.5, 0.6) is 5.75 Å². The second kappa shape index (κ2) is 15.0. The molecule has 2 amide bonds. The number of nitrogens with one attached hydrogen (secondary N) is 1. The van der Waals surface area contributed by atoms with E-state index in [9.17, 15) is 23.1 Å². The van der Waals surface area contributed by atoms with E-state index < -0.39 is 26.8 Å². The van der Waals surface area contributed by atoms with Crippen LogP contribution in [0.4, 0.5) is 5.69 Å². The average Bonchev–Trinajstić information content (AvgIpc) is 3.09. The fourth-order valence-corrected chi connectivity index (χ4v) is 9.03. The second-order valence-electron chi connectivity index (χ2n) is 14.2. The number of morpholine rings is 1. The Labute approximate surface area is 294 Å². The number of nitrogens with zero attached hydrogens (tertiary/aromatic N) is 2. The van der Waals surface area contributed by atoms with Gasteiger partial charge in [-0.1, -0.05) is 36.7 Å². The third-order valence-electron chi connectivity index (χ3n) is 11.0. The molecule has 49 heavy (non-hydrogen) atoms. The number of carbonyl (C=O) groups is 2. The number of aliphatic hydroxyl groups is 1. The van der Waals surface area contributed by atoms with Crippen LogP contribution in [-0.4, -0.2) is 80.5 Å². The van der Waals surface area contributed by atoms with Crippen molar-refractivity contribution < 1.29 is 32.6 Å². The molecule has 4 aliphatic rings. The molecule has 0 aromatic heterocycles. The molecule has 3 heterocycles. The van der Waals surface area contributed by atoms with Gasteiger partial charge in [0.25, 0.3) is 5.91 Å². The lowest BCUT2D eigenvalue weighted by atomic mass is 9.63. The van der Waals surface area contributed by atoms with Crippen LogP contribution in [0.2, 0.25) is 5.02 Å². The van der Waals surface area contributed by atoms with Gasteiger partial charge >= 0.3 is 0 Å². The van der Waals surface area contributed by atoms with E-state index in [1.165, 1.54) is 0 Å². The predicted octanol–water partition coefficient (Wildman–Crippen LogP) is 5.11. The molecule has 266 valence electrons. The monoisotopic (exact) mass is 713 g/mol. The molecule has 5 atom stereocenters. The number of hydrogen-bond acceptors (Lipinski definition) is 8. The Morgan fingerprint density at radius 3 is 2.61 bits per heavy atom. The van der Waals surface area contributed by atoms with Gasteiger partial charge in [0.15, 0.2) is 0 Å². The summed E-state index contributed by atoms with van der Waals surface area (Å²) in [6.07, 6.45) is 8.11. The van der Waals surface area contributed by atoms with Gasteiger partial charge in [0.05, 0.1) is 36.2 Å². The first-order chi connectivity index (χ1) is 23.4. The summed E-state index contributed by atoms with van der Waals surface area (Å²) < 4.78 is 41.0. The normalized spacial score (nSPS) is 29.9. The molecule has 2 fully saturated rings. The maximum Gasteiger partial charge on any atom is 0.264 e. The van der Waals surface area contributed by atoms with Gasteiger partial charge < -0.3 is 24.4 Å². The van der Waals surface area contributed by atoms with Crippen molar-refractivity contribution in [1.82, 2.24) is 9.62 Å². The minimum absolute atomic E-state index is 0.0480. The van der Waals surface area contributed by atoms with Gasteiger partial charge in [-0.2, -0.15) is 0 Å². The smallest absolute Gasteiger partial charge is 0.264 e. The van der Waals surface area contributed by atoms with Gasteiger partial charge in [0.1, 0.15) is 12.4 Å². The number of aryl methyl sites for hydroxylation is 1. The number of fused-ring (bicyclic) bond motifs is 3. The van der Waals surface area contributed by atoms with E-state index in [-0.39, 0.29) is 35.6 Å². The van der Waals surface area contributed by atoms with Crippen molar-refractivity contribution in [2.24, 2.45) is 17.8 Å². The minimum atomic E-state index is -4.03. The molecule has 1 aliphatic carbocycles. The highest BCUT2D eigenvalue weighted by atomic mass is 35.5. The zero-order chi connectivity index (χ0) is 34.8. The molecule has 0 spiro atoms. The molecule has 12 heteroatoms. The maximum absolute atomic E-state index is 13.6. The van der Waals surface area contributed by atoms with Crippen LogP contribution in [0.1, 0.15) is 73.9 Å². The van der Waals surface area contributed by atoms with Crippen molar-refractivity contribution in [3.05, 3.63) is 70.3 Å². The predicted molar refractivity (Wildman–Crippen MR) is 189 cm³/mol. The lowest BCUT2D eigenvalue weighted by Crippen LogP contribution is -2.53. The van der Waals surface area contributed by atoms with Gasteiger partial charge in [0, 0.05) is 36.8 Å². The SMILES string of the molecule is C[C@@H]1[C@@H](C)C/C=C/[C@](O)(CC(=O)N2CCOCC2)[C@@H]2CC[C@H]2CN2CCCCc3cc(Cl)ccc3COc3ccc(cc32)C(=O)NS1(=O)=O. The van der Waals surface area contributed by atoms with Crippen LogP contribution in [0, 0.1) is 17.8 Å². The van der Waals surface area contributed by atoms with E-state index in [0.29, 0.717) is 68.9 Å². The van der Waals surface area contributed by atoms with Crippen LogP contribution < -0.4 is 14.4 Å². The highest BCUT2D eigenvalue weighted by Gasteiger charge is 2.47. The summed E-state index contributed by atoms with van der Waals surface area (Å²) in [4.78, 5) is 31.0. The number of rotatable bonds is 2. The topological polar surface area (TPSA) is 125 Å². The maximum atomic E-state index is 13.6. The van der Waals surface area contributed by atoms with E-state index in [4.69, 9.17) is 21.1 Å². The Morgan fingerprint density at radius 1 is 1.06 bits per heavy atom. The number of amides is 2. The van der Waals surface area contributed by atoms with Gasteiger partial charge in [-0.25, -0.2) is 13.1 Å². The first-order valence-electron chi connectivity index (χ1n) is 17.5. The Bertz CT molecular complexity index is 1680. The summed E-state index contributed by atoms with van der Waals surface area (Å²) in [5, 5.41) is 12.2.